The number of fused-ring (bicyclic) bond motifs is 1. The van der Waals surface area contributed by atoms with Crippen LogP contribution in [0.1, 0.15) is 17.2 Å². The fourth-order valence-electron chi connectivity index (χ4n) is 3.39. The predicted molar refractivity (Wildman–Crippen MR) is 125 cm³/mol. The van der Waals surface area contributed by atoms with E-state index >= 15 is 4.39 Å². The number of pyridine rings is 1. The van der Waals surface area contributed by atoms with Crippen LogP contribution in [0.5, 0.6) is 5.75 Å². The second kappa shape index (κ2) is 10.8. The van der Waals surface area contributed by atoms with Crippen LogP contribution in [0.25, 0.3) is 11.0 Å². The highest BCUT2D eigenvalue weighted by Gasteiger charge is 2.25. The minimum atomic E-state index is -1.59. The molecule has 0 bridgehead atoms. The maximum Gasteiger partial charge on any atom is 0.155 e. The van der Waals surface area contributed by atoms with Crippen molar-refractivity contribution in [2.75, 3.05) is 31.5 Å². The lowest BCUT2D eigenvalue weighted by Gasteiger charge is -2.16. The Bertz CT molecular complexity index is 1270. The smallest absolute Gasteiger partial charge is 0.155 e. The van der Waals surface area contributed by atoms with Crippen LogP contribution in [-0.2, 0) is 4.74 Å². The number of aliphatic hydroxyl groups is 1. The number of aromatic amines is 1. The number of nitrogens with zero attached hydrogens (tertiary/aromatic N) is 1. The van der Waals surface area contributed by atoms with Crippen LogP contribution < -0.4 is 10.1 Å². The monoisotopic (exact) mass is 489 g/mol. The van der Waals surface area contributed by atoms with E-state index in [1.165, 1.54) is 42.4 Å². The molecule has 0 amide bonds. The quantitative estimate of drug-likeness (QED) is 0.160. The number of halogens is 3. The molecule has 2 heterocycles. The fourth-order valence-corrected chi connectivity index (χ4v) is 4.12. The van der Waals surface area contributed by atoms with Crippen LogP contribution in [0, 0.1) is 17.5 Å². The summed E-state index contributed by atoms with van der Waals surface area (Å²) >= 11 is 1.32. The molecule has 0 radical (unpaired) electrons. The molecule has 4 aromatic rings. The van der Waals surface area contributed by atoms with Gasteiger partial charge in [-0.15, -0.1) is 11.8 Å². The molecule has 178 valence electrons. The van der Waals surface area contributed by atoms with Crippen molar-refractivity contribution in [2.24, 2.45) is 0 Å². The van der Waals surface area contributed by atoms with E-state index in [0.29, 0.717) is 30.0 Å². The van der Waals surface area contributed by atoms with E-state index in [1.807, 2.05) is 0 Å². The van der Waals surface area contributed by atoms with Crippen molar-refractivity contribution < 1.29 is 27.8 Å². The van der Waals surface area contributed by atoms with Crippen LogP contribution >= 0.6 is 11.8 Å². The maximum absolute atomic E-state index is 15.3. The molecule has 0 aliphatic heterocycles. The highest BCUT2D eigenvalue weighted by molar-refractivity contribution is 7.99. The number of thioether (sulfide) groups is 1. The molecule has 0 saturated heterocycles. The zero-order chi connectivity index (χ0) is 24.1. The average molecular weight is 490 g/mol. The molecule has 4 rings (SSSR count). The summed E-state index contributed by atoms with van der Waals surface area (Å²) in [4.78, 5) is 7.92. The minimum absolute atomic E-state index is 0.0339. The second-order valence-electron chi connectivity index (χ2n) is 7.30. The van der Waals surface area contributed by atoms with Gasteiger partial charge in [-0.25, -0.2) is 18.2 Å². The van der Waals surface area contributed by atoms with E-state index in [-0.39, 0.29) is 22.9 Å². The van der Waals surface area contributed by atoms with Gasteiger partial charge >= 0.3 is 0 Å². The molecule has 0 spiro atoms. The first-order chi connectivity index (χ1) is 16.5. The molecule has 3 N–H and O–H groups in total. The van der Waals surface area contributed by atoms with Gasteiger partial charge in [-0.2, -0.15) is 0 Å². The summed E-state index contributed by atoms with van der Waals surface area (Å²) in [6.07, 6.45) is 1.39. The Hall–Kier alpha value is -3.21. The van der Waals surface area contributed by atoms with Crippen molar-refractivity contribution >= 4 is 28.5 Å². The van der Waals surface area contributed by atoms with Crippen molar-refractivity contribution in [3.63, 3.8) is 0 Å². The number of aromatic nitrogens is 2. The Kier molecular flexibility index (Phi) is 7.61. The Labute approximate surface area is 198 Å². The summed E-state index contributed by atoms with van der Waals surface area (Å²) < 4.78 is 53.4. The van der Waals surface area contributed by atoms with Crippen molar-refractivity contribution in [2.45, 2.75) is 11.0 Å². The second-order valence-corrected chi connectivity index (χ2v) is 8.35. The molecule has 1 atom stereocenters. The van der Waals surface area contributed by atoms with E-state index in [4.69, 9.17) is 9.47 Å². The van der Waals surface area contributed by atoms with Crippen LogP contribution in [0.4, 0.5) is 18.9 Å². The van der Waals surface area contributed by atoms with E-state index in [2.05, 4.69) is 15.3 Å². The van der Waals surface area contributed by atoms with Gasteiger partial charge in [0, 0.05) is 29.2 Å². The van der Waals surface area contributed by atoms with Gasteiger partial charge in [-0.1, -0.05) is 0 Å². The van der Waals surface area contributed by atoms with E-state index < -0.39 is 23.3 Å². The Morgan fingerprint density at radius 3 is 2.68 bits per heavy atom. The highest BCUT2D eigenvalue weighted by atomic mass is 32.2. The topological polar surface area (TPSA) is 79.4 Å². The third-order valence-electron chi connectivity index (χ3n) is 5.10. The molecular formula is C24H22F3N3O3S. The zero-order valence-electron chi connectivity index (χ0n) is 18.1. The van der Waals surface area contributed by atoms with Gasteiger partial charge in [0.25, 0.3) is 0 Å². The van der Waals surface area contributed by atoms with Gasteiger partial charge in [0.05, 0.1) is 29.9 Å². The number of rotatable bonds is 10. The van der Waals surface area contributed by atoms with E-state index in [1.54, 1.807) is 25.3 Å². The lowest BCUT2D eigenvalue weighted by atomic mass is 9.99. The molecule has 34 heavy (non-hydrogen) atoms. The standard InChI is InChI=1S/C24H22F3N3O3S/c1-32-8-9-33-15-10-17-18(12-29-24(17)28-11-15)23(31)21-19(26)6-7-20(22(21)27)30-13-34-16-4-2-14(25)3-5-16/h2-7,10-12,23,30-31H,8-9,13H2,1H3,(H,28,29). The number of anilines is 1. The van der Waals surface area contributed by atoms with Crippen LogP contribution in [-0.4, -0.2) is 41.3 Å². The van der Waals surface area contributed by atoms with Crippen molar-refractivity contribution in [3.05, 3.63) is 83.4 Å². The van der Waals surface area contributed by atoms with Crippen molar-refractivity contribution in [3.8, 4) is 5.75 Å². The molecule has 0 aliphatic carbocycles. The van der Waals surface area contributed by atoms with Gasteiger partial charge in [0.1, 0.15) is 35.7 Å². The zero-order valence-corrected chi connectivity index (χ0v) is 19.0. The summed E-state index contributed by atoms with van der Waals surface area (Å²) in [5.41, 5.74) is 0.254. The predicted octanol–water partition coefficient (Wildman–Crippen LogP) is 5.25. The molecule has 1 unspecified atom stereocenters. The van der Waals surface area contributed by atoms with Gasteiger partial charge in [-0.05, 0) is 42.5 Å². The van der Waals surface area contributed by atoms with Crippen molar-refractivity contribution in [1.29, 1.82) is 0 Å². The molecule has 0 saturated carbocycles. The summed E-state index contributed by atoms with van der Waals surface area (Å²) in [5, 5.41) is 14.3. The van der Waals surface area contributed by atoms with E-state index in [0.717, 1.165) is 11.0 Å². The Balaban J connectivity index is 1.55. The summed E-state index contributed by atoms with van der Waals surface area (Å²) in [5.74, 6) is -1.44. The Morgan fingerprint density at radius 1 is 1.12 bits per heavy atom. The summed E-state index contributed by atoms with van der Waals surface area (Å²) in [7, 11) is 1.55. The lowest BCUT2D eigenvalue weighted by molar-refractivity contribution is 0.146. The van der Waals surface area contributed by atoms with Crippen LogP contribution in [0.2, 0.25) is 0 Å². The molecule has 10 heteroatoms. The minimum Gasteiger partial charge on any atom is -0.490 e. The number of H-pyrrole nitrogens is 1. The first kappa shape index (κ1) is 23.9. The van der Waals surface area contributed by atoms with E-state index in [9.17, 15) is 13.9 Å². The number of ether oxygens (including phenoxy) is 2. The number of nitrogens with one attached hydrogen (secondary N) is 2. The first-order valence-corrected chi connectivity index (χ1v) is 11.3. The number of methoxy groups -OCH3 is 1. The normalized spacial score (nSPS) is 12.1. The van der Waals surface area contributed by atoms with Gasteiger partial charge in [0.2, 0.25) is 0 Å². The molecular weight excluding hydrogens is 467 g/mol. The molecule has 0 fully saturated rings. The first-order valence-electron chi connectivity index (χ1n) is 10.3. The largest absolute Gasteiger partial charge is 0.490 e. The van der Waals surface area contributed by atoms with Gasteiger partial charge in [0.15, 0.2) is 5.82 Å². The average Bonchev–Trinajstić information content (AvgIpc) is 3.25. The third kappa shape index (κ3) is 5.30. The number of hydrogen-bond donors (Lipinski definition) is 3. The van der Waals surface area contributed by atoms with Crippen LogP contribution in [0.15, 0.2) is 59.8 Å². The van der Waals surface area contributed by atoms with Gasteiger partial charge < -0.3 is 24.9 Å². The maximum atomic E-state index is 15.3. The summed E-state index contributed by atoms with van der Waals surface area (Å²) in [6.45, 7) is 0.690. The number of aliphatic hydroxyl groups excluding tert-OH is 1. The van der Waals surface area contributed by atoms with Crippen LogP contribution in [0.3, 0.4) is 0 Å². The van der Waals surface area contributed by atoms with Gasteiger partial charge in [-0.3, -0.25) is 0 Å². The fraction of sp³-hybridized carbons (Fsp3) is 0.208. The summed E-state index contributed by atoms with van der Waals surface area (Å²) in [6, 6.07) is 9.89. The molecule has 6 nitrogen and oxygen atoms in total. The number of hydrogen-bond acceptors (Lipinski definition) is 6. The lowest BCUT2D eigenvalue weighted by Crippen LogP contribution is -2.09. The third-order valence-corrected chi connectivity index (χ3v) is 6.00. The molecule has 0 aliphatic rings. The Morgan fingerprint density at radius 2 is 1.91 bits per heavy atom. The van der Waals surface area contributed by atoms with Crippen molar-refractivity contribution in [1.82, 2.24) is 9.97 Å². The molecule has 2 aromatic carbocycles. The SMILES string of the molecule is COCCOc1cnc2[nH]cc(C(O)c3c(F)ccc(NCSc4ccc(F)cc4)c3F)c2c1. The molecule has 2 aromatic heterocycles. The highest BCUT2D eigenvalue weighted by Crippen LogP contribution is 2.35. The number of benzene rings is 2.